The average Bonchev–Trinajstić information content (AvgIpc) is 3.85. The number of hydrogen-bond acceptors (Lipinski definition) is 0. The van der Waals surface area contributed by atoms with Crippen molar-refractivity contribution in [1.82, 2.24) is 9.13 Å². The lowest BCUT2D eigenvalue weighted by Gasteiger charge is -2.14. The van der Waals surface area contributed by atoms with Crippen molar-refractivity contribution in [2.24, 2.45) is 0 Å². The molecule has 0 aliphatic heterocycles. The van der Waals surface area contributed by atoms with E-state index < -0.39 is 8.07 Å². The minimum atomic E-state index is -1.38. The summed E-state index contributed by atoms with van der Waals surface area (Å²) in [6.07, 6.45) is 0. The quantitative estimate of drug-likeness (QED) is 0.118. The third-order valence-electron chi connectivity index (χ3n) is 8.83. The predicted octanol–water partition coefficient (Wildman–Crippen LogP) is 13.6. The largest absolute Gasteiger partial charge is 0.309 e. The van der Waals surface area contributed by atoms with Gasteiger partial charge in [0.1, 0.15) is 8.07 Å². The Balaban J connectivity index is 0.000000167. The van der Waals surface area contributed by atoms with Gasteiger partial charge in [0, 0.05) is 21.4 Å². The van der Waals surface area contributed by atoms with Gasteiger partial charge in [-0.05, 0) is 95.1 Å². The normalized spacial score (nSPS) is 10.9. The van der Waals surface area contributed by atoms with Crippen LogP contribution in [0.2, 0.25) is 19.6 Å². The van der Waals surface area contributed by atoms with Crippen molar-refractivity contribution in [3.05, 3.63) is 204 Å². The molecule has 0 amide bonds. The molecule has 2 heterocycles. The summed E-state index contributed by atoms with van der Waals surface area (Å²) in [5.41, 5.74) is 16.4. The average molecular weight is 766 g/mol. The zero-order valence-electron chi connectivity index (χ0n) is 30.2. The van der Waals surface area contributed by atoms with Crippen molar-refractivity contribution >= 4 is 24.0 Å². The third kappa shape index (κ3) is 8.62. The van der Waals surface area contributed by atoms with Crippen molar-refractivity contribution in [1.29, 1.82) is 0 Å². The van der Waals surface area contributed by atoms with E-state index in [1.165, 1.54) is 45.0 Å². The number of benzene rings is 6. The highest BCUT2D eigenvalue weighted by atomic mass is 79.9. The molecule has 2 aromatic heterocycles. The summed E-state index contributed by atoms with van der Waals surface area (Å²) < 4.78 is 5.73. The van der Waals surface area contributed by atoms with Gasteiger partial charge in [-0.15, -0.1) is 5.54 Å². The van der Waals surface area contributed by atoms with Gasteiger partial charge in [-0.1, -0.05) is 163 Å². The van der Waals surface area contributed by atoms with Crippen LogP contribution in [0.4, 0.5) is 0 Å². The molecule has 0 bridgehead atoms. The maximum Gasteiger partial charge on any atom is 0.129 e. The second-order valence-electron chi connectivity index (χ2n) is 13.9. The molecule has 2 nitrogen and oxygen atoms in total. The Morgan fingerprint density at radius 1 is 0.377 bits per heavy atom. The summed E-state index contributed by atoms with van der Waals surface area (Å²) in [5, 5.41) is 0. The molecule has 0 aliphatic carbocycles. The van der Waals surface area contributed by atoms with Crippen LogP contribution in [0, 0.1) is 11.5 Å². The Morgan fingerprint density at radius 3 is 0.981 bits per heavy atom. The smallest absolute Gasteiger partial charge is 0.129 e. The number of hydrogen-bond donors (Lipinski definition) is 0. The topological polar surface area (TPSA) is 9.86 Å². The van der Waals surface area contributed by atoms with Gasteiger partial charge in [-0.3, -0.25) is 0 Å². The lowest BCUT2D eigenvalue weighted by Crippen LogP contribution is -2.16. The Bertz CT molecular complexity index is 2330. The van der Waals surface area contributed by atoms with E-state index in [1.54, 1.807) is 0 Å². The molecule has 0 spiro atoms. The summed E-state index contributed by atoms with van der Waals surface area (Å²) in [6, 6.07) is 68.0. The van der Waals surface area contributed by atoms with Crippen LogP contribution in [0.3, 0.4) is 0 Å². The highest BCUT2D eigenvalue weighted by Gasteiger charge is 2.15. The van der Waals surface area contributed by atoms with E-state index in [-0.39, 0.29) is 0 Å². The Labute approximate surface area is 323 Å². The number of nitrogens with zero attached hydrogens (tertiary/aromatic N) is 2. The second-order valence-corrected chi connectivity index (χ2v) is 19.5. The van der Waals surface area contributed by atoms with Gasteiger partial charge >= 0.3 is 0 Å². The van der Waals surface area contributed by atoms with Gasteiger partial charge < -0.3 is 9.13 Å². The molecule has 0 saturated heterocycles. The first-order valence-electron chi connectivity index (χ1n) is 17.9. The molecule has 53 heavy (non-hydrogen) atoms. The standard InChI is InChI=1S/C27H25NSi.C22H16BrN/c1-29(2,3)21-20-22-14-16-25(17-15-22)28-26(23-10-6-4-7-11-23)18-19-27(28)24-12-8-5-9-13-24;23-19-11-13-20(14-12-19)24-21(17-7-3-1-4-8-17)15-16-22(24)18-9-5-2-6-10-18/h4-19H,1-3H3;1-16H. The highest BCUT2D eigenvalue weighted by Crippen LogP contribution is 2.34. The van der Waals surface area contributed by atoms with Crippen LogP contribution in [-0.2, 0) is 0 Å². The fourth-order valence-electron chi connectivity index (χ4n) is 6.31. The molecule has 0 aliphatic rings. The summed E-state index contributed by atoms with van der Waals surface area (Å²) >= 11 is 3.53. The van der Waals surface area contributed by atoms with E-state index >= 15 is 0 Å². The predicted molar refractivity (Wildman–Crippen MR) is 231 cm³/mol. The summed E-state index contributed by atoms with van der Waals surface area (Å²) in [4.78, 5) is 0. The molecular formula is C49H41BrN2Si. The van der Waals surface area contributed by atoms with Gasteiger partial charge in [-0.25, -0.2) is 0 Å². The van der Waals surface area contributed by atoms with Crippen molar-refractivity contribution in [2.75, 3.05) is 0 Å². The lowest BCUT2D eigenvalue weighted by atomic mass is 10.1. The van der Waals surface area contributed by atoms with Gasteiger partial charge in [0.05, 0.1) is 22.8 Å². The van der Waals surface area contributed by atoms with Gasteiger partial charge in [0.25, 0.3) is 0 Å². The number of halogens is 1. The summed E-state index contributed by atoms with van der Waals surface area (Å²) in [6.45, 7) is 6.81. The second kappa shape index (κ2) is 16.2. The Morgan fingerprint density at radius 2 is 0.679 bits per heavy atom. The minimum Gasteiger partial charge on any atom is -0.309 e. The monoisotopic (exact) mass is 764 g/mol. The van der Waals surface area contributed by atoms with Gasteiger partial charge in [0.15, 0.2) is 0 Å². The third-order valence-corrected chi connectivity index (χ3v) is 10.2. The molecule has 258 valence electrons. The van der Waals surface area contributed by atoms with E-state index in [1.807, 2.05) is 0 Å². The molecule has 0 radical (unpaired) electrons. The Kier molecular flexibility index (Phi) is 10.9. The molecule has 0 saturated carbocycles. The van der Waals surface area contributed by atoms with Crippen LogP contribution in [0.25, 0.3) is 56.4 Å². The lowest BCUT2D eigenvalue weighted by molar-refractivity contribution is 1.09. The van der Waals surface area contributed by atoms with Crippen molar-refractivity contribution in [3.8, 4) is 67.9 Å². The number of aromatic nitrogens is 2. The van der Waals surface area contributed by atoms with E-state index in [0.717, 1.165) is 21.4 Å². The van der Waals surface area contributed by atoms with Crippen LogP contribution in [0.15, 0.2) is 199 Å². The SMILES string of the molecule is Brc1ccc(-n2c(-c3ccccc3)ccc2-c2ccccc2)cc1.C[Si](C)(C)C#Cc1ccc(-n2c(-c3ccccc3)ccc2-c2ccccc2)cc1. The minimum absolute atomic E-state index is 1.07. The fraction of sp³-hybridized carbons (Fsp3) is 0.0612. The van der Waals surface area contributed by atoms with Crippen molar-refractivity contribution in [3.63, 3.8) is 0 Å². The van der Waals surface area contributed by atoms with Crippen LogP contribution >= 0.6 is 15.9 Å². The summed E-state index contributed by atoms with van der Waals surface area (Å²) in [5.74, 6) is 3.35. The zero-order valence-corrected chi connectivity index (χ0v) is 32.8. The highest BCUT2D eigenvalue weighted by molar-refractivity contribution is 9.10. The maximum absolute atomic E-state index is 3.53. The van der Waals surface area contributed by atoms with Crippen LogP contribution in [-0.4, -0.2) is 17.2 Å². The van der Waals surface area contributed by atoms with Gasteiger partial charge in [0.2, 0.25) is 0 Å². The molecule has 0 N–H and O–H groups in total. The Hall–Kier alpha value is -5.86. The van der Waals surface area contributed by atoms with Crippen LogP contribution < -0.4 is 0 Å². The molecule has 0 fully saturated rings. The van der Waals surface area contributed by atoms with Crippen LogP contribution in [0.1, 0.15) is 5.56 Å². The molecule has 8 aromatic rings. The van der Waals surface area contributed by atoms with Crippen molar-refractivity contribution in [2.45, 2.75) is 19.6 Å². The summed E-state index contributed by atoms with van der Waals surface area (Å²) in [7, 11) is -1.38. The van der Waals surface area contributed by atoms with E-state index in [0.29, 0.717) is 0 Å². The molecule has 4 heteroatoms. The number of rotatable bonds is 6. The van der Waals surface area contributed by atoms with E-state index in [2.05, 4.69) is 250 Å². The first-order chi connectivity index (χ1) is 25.8. The molecule has 6 aromatic carbocycles. The molecule has 0 atom stereocenters. The van der Waals surface area contributed by atoms with E-state index in [4.69, 9.17) is 0 Å². The maximum atomic E-state index is 3.53. The van der Waals surface area contributed by atoms with Crippen LogP contribution in [0.5, 0.6) is 0 Å². The molecule has 8 rings (SSSR count). The zero-order chi connectivity index (χ0) is 36.6. The molecule has 0 unspecified atom stereocenters. The molecular weight excluding hydrogens is 725 g/mol. The first-order valence-corrected chi connectivity index (χ1v) is 22.2. The fourth-order valence-corrected chi connectivity index (χ4v) is 7.09. The first kappa shape index (κ1) is 35.5. The van der Waals surface area contributed by atoms with E-state index in [9.17, 15) is 0 Å². The van der Waals surface area contributed by atoms with Gasteiger partial charge in [-0.2, -0.15) is 0 Å². The van der Waals surface area contributed by atoms with Crippen molar-refractivity contribution < 1.29 is 0 Å².